The molecule has 3 N–H and O–H groups in total. The zero-order valence-corrected chi connectivity index (χ0v) is 19.0. The van der Waals surface area contributed by atoms with E-state index in [0.717, 1.165) is 36.1 Å². The summed E-state index contributed by atoms with van der Waals surface area (Å²) in [6.07, 6.45) is 2.47. The first-order valence-corrected chi connectivity index (χ1v) is 11.6. The molecule has 1 fully saturated rings. The minimum atomic E-state index is -0.726. The van der Waals surface area contributed by atoms with Gasteiger partial charge < -0.3 is 25.2 Å². The average Bonchev–Trinajstić information content (AvgIpc) is 3.24. The van der Waals surface area contributed by atoms with E-state index in [1.165, 1.54) is 12.5 Å². The highest BCUT2D eigenvalue weighted by molar-refractivity contribution is 5.73. The molecule has 2 heterocycles. The van der Waals surface area contributed by atoms with Crippen LogP contribution in [0.2, 0.25) is 0 Å². The van der Waals surface area contributed by atoms with Gasteiger partial charge in [-0.2, -0.15) is 0 Å². The van der Waals surface area contributed by atoms with Crippen LogP contribution in [0.3, 0.4) is 0 Å². The van der Waals surface area contributed by atoms with Gasteiger partial charge in [0.2, 0.25) is 5.91 Å². The lowest BCUT2D eigenvalue weighted by molar-refractivity contribution is -0.120. The maximum Gasteiger partial charge on any atom is 0.217 e. The van der Waals surface area contributed by atoms with Crippen molar-refractivity contribution in [1.29, 1.82) is 0 Å². The molecule has 2 aromatic carbocycles. The Balaban J connectivity index is 1.49. The maximum atomic E-state index is 11.8. The molecule has 4 rings (SSSR count). The van der Waals surface area contributed by atoms with Crippen LogP contribution in [0, 0.1) is 0 Å². The predicted octanol–water partition coefficient (Wildman–Crippen LogP) is 2.93. The standard InChI is InChI=1S/C26H34N2O4/c1-3-19-9-10-25-21(13-19)23(15-26(32-25)11-12-31-17-26)27-16-24(30)22(28-18(2)29)14-20-7-5-4-6-8-20/h4-10,13,22-24,27,30H,3,11-12,14-17H2,1-2H3,(H,28,29)/t22-,23-,24+,26-/m0/s1. The summed E-state index contributed by atoms with van der Waals surface area (Å²) in [5.74, 6) is 0.754. The number of carbonyl (C=O) groups is 1. The van der Waals surface area contributed by atoms with Crippen molar-refractivity contribution in [3.8, 4) is 5.75 Å². The monoisotopic (exact) mass is 438 g/mol. The number of benzene rings is 2. The van der Waals surface area contributed by atoms with Crippen molar-refractivity contribution in [3.05, 3.63) is 65.2 Å². The summed E-state index contributed by atoms with van der Waals surface area (Å²) in [6.45, 7) is 5.30. The van der Waals surface area contributed by atoms with Gasteiger partial charge in [-0.1, -0.05) is 49.4 Å². The van der Waals surface area contributed by atoms with Crippen LogP contribution < -0.4 is 15.4 Å². The molecular weight excluding hydrogens is 404 g/mol. The van der Waals surface area contributed by atoms with E-state index in [-0.39, 0.29) is 23.6 Å². The quantitative estimate of drug-likeness (QED) is 0.591. The first kappa shape index (κ1) is 22.8. The largest absolute Gasteiger partial charge is 0.484 e. The summed E-state index contributed by atoms with van der Waals surface area (Å²) in [6, 6.07) is 16.0. The van der Waals surface area contributed by atoms with Gasteiger partial charge in [0, 0.05) is 37.9 Å². The second-order valence-electron chi connectivity index (χ2n) is 9.04. The maximum absolute atomic E-state index is 11.8. The van der Waals surface area contributed by atoms with E-state index >= 15 is 0 Å². The molecule has 1 saturated heterocycles. The van der Waals surface area contributed by atoms with E-state index in [2.05, 4.69) is 35.8 Å². The molecule has 2 aliphatic heterocycles. The third-order valence-electron chi connectivity index (χ3n) is 6.55. The lowest BCUT2D eigenvalue weighted by Gasteiger charge is -2.40. The Bertz CT molecular complexity index is 911. The molecule has 2 aliphatic rings. The van der Waals surface area contributed by atoms with Crippen molar-refractivity contribution in [3.63, 3.8) is 0 Å². The fraction of sp³-hybridized carbons (Fsp3) is 0.500. The van der Waals surface area contributed by atoms with Crippen LogP contribution in [-0.2, 0) is 22.4 Å². The first-order chi connectivity index (χ1) is 15.5. The van der Waals surface area contributed by atoms with Gasteiger partial charge in [-0.15, -0.1) is 0 Å². The highest BCUT2D eigenvalue weighted by Crippen LogP contribution is 2.43. The predicted molar refractivity (Wildman–Crippen MR) is 124 cm³/mol. The lowest BCUT2D eigenvalue weighted by atomic mass is 9.85. The number of hydrogen-bond acceptors (Lipinski definition) is 5. The van der Waals surface area contributed by atoms with Crippen LogP contribution in [-0.4, -0.2) is 48.5 Å². The number of aliphatic hydroxyl groups is 1. The summed E-state index contributed by atoms with van der Waals surface area (Å²) in [7, 11) is 0. The van der Waals surface area contributed by atoms with Crippen molar-refractivity contribution >= 4 is 5.91 Å². The number of amides is 1. The molecule has 4 atom stereocenters. The molecule has 2 aromatic rings. The molecule has 0 aromatic heterocycles. The smallest absolute Gasteiger partial charge is 0.217 e. The second kappa shape index (κ2) is 10.0. The van der Waals surface area contributed by atoms with Gasteiger partial charge in [0.05, 0.1) is 25.4 Å². The Hall–Kier alpha value is -2.41. The third kappa shape index (κ3) is 5.31. The van der Waals surface area contributed by atoms with Crippen LogP contribution >= 0.6 is 0 Å². The molecule has 1 amide bonds. The van der Waals surface area contributed by atoms with Gasteiger partial charge >= 0.3 is 0 Å². The minimum absolute atomic E-state index is 0.0521. The van der Waals surface area contributed by atoms with E-state index in [1.54, 1.807) is 0 Å². The summed E-state index contributed by atoms with van der Waals surface area (Å²) in [5.41, 5.74) is 3.16. The number of ether oxygens (including phenoxy) is 2. The highest BCUT2D eigenvalue weighted by atomic mass is 16.6. The van der Waals surface area contributed by atoms with Crippen LogP contribution in [0.4, 0.5) is 0 Å². The Labute approximate surface area is 190 Å². The number of hydrogen-bond donors (Lipinski definition) is 3. The molecular formula is C26H34N2O4. The van der Waals surface area contributed by atoms with Gasteiger partial charge in [0.1, 0.15) is 11.4 Å². The summed E-state index contributed by atoms with van der Waals surface area (Å²) in [5, 5.41) is 17.5. The molecule has 0 aliphatic carbocycles. The second-order valence-corrected chi connectivity index (χ2v) is 9.04. The third-order valence-corrected chi connectivity index (χ3v) is 6.55. The Morgan fingerprint density at radius 2 is 2.03 bits per heavy atom. The van der Waals surface area contributed by atoms with Gasteiger partial charge in [-0.05, 0) is 30.0 Å². The summed E-state index contributed by atoms with van der Waals surface area (Å²) >= 11 is 0. The molecule has 172 valence electrons. The van der Waals surface area contributed by atoms with E-state index in [9.17, 15) is 9.90 Å². The molecule has 6 heteroatoms. The van der Waals surface area contributed by atoms with Crippen LogP contribution in [0.15, 0.2) is 48.5 Å². The fourth-order valence-electron chi connectivity index (χ4n) is 4.77. The molecule has 0 radical (unpaired) electrons. The van der Waals surface area contributed by atoms with Crippen molar-refractivity contribution in [2.24, 2.45) is 0 Å². The van der Waals surface area contributed by atoms with Crippen molar-refractivity contribution < 1.29 is 19.4 Å². The highest BCUT2D eigenvalue weighted by Gasteiger charge is 2.44. The lowest BCUT2D eigenvalue weighted by Crippen LogP contribution is -2.50. The van der Waals surface area contributed by atoms with Gasteiger partial charge in [0.25, 0.3) is 0 Å². The molecule has 0 bridgehead atoms. The Morgan fingerprint density at radius 1 is 1.22 bits per heavy atom. The van der Waals surface area contributed by atoms with E-state index in [1.807, 2.05) is 30.3 Å². The van der Waals surface area contributed by atoms with Gasteiger partial charge in [-0.25, -0.2) is 0 Å². The number of aliphatic hydroxyl groups excluding tert-OH is 1. The fourth-order valence-corrected chi connectivity index (χ4v) is 4.77. The Morgan fingerprint density at radius 3 is 2.72 bits per heavy atom. The topological polar surface area (TPSA) is 79.8 Å². The van der Waals surface area contributed by atoms with Gasteiger partial charge in [-0.3, -0.25) is 4.79 Å². The van der Waals surface area contributed by atoms with E-state index < -0.39 is 6.10 Å². The molecule has 0 unspecified atom stereocenters. The zero-order valence-electron chi connectivity index (χ0n) is 19.0. The van der Waals surface area contributed by atoms with Gasteiger partial charge in [0.15, 0.2) is 0 Å². The number of fused-ring (bicyclic) bond motifs is 1. The SMILES string of the molecule is CCc1ccc2c(c1)[C@@H](NC[C@@H](O)[C@H](Cc1ccccc1)NC(C)=O)C[C@]1(CCOC1)O2. The summed E-state index contributed by atoms with van der Waals surface area (Å²) in [4.78, 5) is 11.8. The number of nitrogens with one attached hydrogen (secondary N) is 2. The average molecular weight is 439 g/mol. The molecule has 1 spiro atoms. The van der Waals surface area contributed by atoms with Crippen LogP contribution in [0.25, 0.3) is 0 Å². The van der Waals surface area contributed by atoms with Crippen LogP contribution in [0.1, 0.15) is 49.4 Å². The van der Waals surface area contributed by atoms with Crippen LogP contribution in [0.5, 0.6) is 5.75 Å². The number of carbonyl (C=O) groups excluding carboxylic acids is 1. The van der Waals surface area contributed by atoms with Crippen molar-refractivity contribution in [2.45, 2.75) is 63.3 Å². The number of rotatable bonds is 8. The van der Waals surface area contributed by atoms with Crippen molar-refractivity contribution in [2.75, 3.05) is 19.8 Å². The number of aryl methyl sites for hydroxylation is 1. The van der Waals surface area contributed by atoms with E-state index in [0.29, 0.717) is 26.2 Å². The minimum Gasteiger partial charge on any atom is -0.484 e. The zero-order chi connectivity index (χ0) is 22.6. The van der Waals surface area contributed by atoms with E-state index in [4.69, 9.17) is 9.47 Å². The molecule has 32 heavy (non-hydrogen) atoms. The first-order valence-electron chi connectivity index (χ1n) is 11.6. The molecule has 6 nitrogen and oxygen atoms in total. The van der Waals surface area contributed by atoms with Crippen molar-refractivity contribution in [1.82, 2.24) is 10.6 Å². The summed E-state index contributed by atoms with van der Waals surface area (Å²) < 4.78 is 12.1. The Kier molecular flexibility index (Phi) is 7.13. The normalized spacial score (nSPS) is 23.9. The molecule has 0 saturated carbocycles.